The van der Waals surface area contributed by atoms with Gasteiger partial charge in [-0.1, -0.05) is 30.3 Å². The molecule has 2 aromatic rings. The number of aryl methyl sites for hydroxylation is 1. The van der Waals surface area contributed by atoms with Crippen LogP contribution in [0.15, 0.2) is 42.7 Å². The van der Waals surface area contributed by atoms with Gasteiger partial charge in [0.1, 0.15) is 6.04 Å². The fraction of sp³-hybridized carbons (Fsp3) is 0.231. The molecule has 0 spiro atoms. The summed E-state index contributed by atoms with van der Waals surface area (Å²) < 4.78 is 1.65. The smallest absolute Gasteiger partial charge is 0.239 e. The number of carbonyl (C=O) groups excluding carboxylic acids is 1. The van der Waals surface area contributed by atoms with E-state index in [9.17, 15) is 4.79 Å². The molecule has 94 valence electrons. The van der Waals surface area contributed by atoms with Gasteiger partial charge in [-0.05, 0) is 5.56 Å². The zero-order valence-electron chi connectivity index (χ0n) is 10.2. The number of amides is 1. The Kier molecular flexibility index (Phi) is 3.74. The minimum absolute atomic E-state index is 0.404. The third-order valence-electron chi connectivity index (χ3n) is 2.70. The van der Waals surface area contributed by atoms with Crippen molar-refractivity contribution in [3.8, 4) is 0 Å². The maximum absolute atomic E-state index is 11.5. The van der Waals surface area contributed by atoms with Gasteiger partial charge in [0.05, 0.1) is 6.20 Å². The highest BCUT2D eigenvalue weighted by molar-refractivity contribution is 5.81. The van der Waals surface area contributed by atoms with Crippen LogP contribution in [-0.4, -0.2) is 15.7 Å². The van der Waals surface area contributed by atoms with Crippen LogP contribution >= 0.6 is 0 Å². The number of aromatic nitrogens is 2. The number of nitrogens with one attached hydrogen (secondary N) is 1. The SMILES string of the molecule is Cn1cc(C(NCc2ccccc2)C(N)=O)cn1. The highest BCUT2D eigenvalue weighted by Crippen LogP contribution is 2.12. The Bertz CT molecular complexity index is 521. The molecule has 5 heteroatoms. The molecule has 0 fully saturated rings. The van der Waals surface area contributed by atoms with Crippen molar-refractivity contribution in [2.45, 2.75) is 12.6 Å². The summed E-state index contributed by atoms with van der Waals surface area (Å²) in [5.41, 5.74) is 7.29. The fourth-order valence-electron chi connectivity index (χ4n) is 1.79. The Labute approximate surface area is 106 Å². The number of primary amides is 1. The zero-order valence-corrected chi connectivity index (χ0v) is 10.2. The van der Waals surface area contributed by atoms with Gasteiger partial charge in [-0.15, -0.1) is 0 Å². The second kappa shape index (κ2) is 5.46. The van der Waals surface area contributed by atoms with Gasteiger partial charge in [0.2, 0.25) is 5.91 Å². The molecule has 0 saturated heterocycles. The Morgan fingerprint density at radius 2 is 2.17 bits per heavy atom. The molecule has 1 unspecified atom stereocenters. The summed E-state index contributed by atoms with van der Waals surface area (Å²) in [6, 6.07) is 9.35. The van der Waals surface area contributed by atoms with E-state index in [1.54, 1.807) is 24.1 Å². The quantitative estimate of drug-likeness (QED) is 0.814. The molecule has 0 aliphatic heterocycles. The van der Waals surface area contributed by atoms with Gasteiger partial charge in [-0.2, -0.15) is 5.10 Å². The van der Waals surface area contributed by atoms with Crippen molar-refractivity contribution in [3.63, 3.8) is 0 Å². The summed E-state index contributed by atoms with van der Waals surface area (Å²) in [4.78, 5) is 11.5. The minimum atomic E-state index is -0.515. The van der Waals surface area contributed by atoms with Crippen LogP contribution in [0.4, 0.5) is 0 Å². The topological polar surface area (TPSA) is 72.9 Å². The molecule has 0 aliphatic carbocycles. The van der Waals surface area contributed by atoms with Crippen molar-refractivity contribution < 1.29 is 4.79 Å². The Balaban J connectivity index is 2.06. The van der Waals surface area contributed by atoms with Crippen LogP contribution in [-0.2, 0) is 18.4 Å². The van der Waals surface area contributed by atoms with E-state index >= 15 is 0 Å². The predicted octanol–water partition coefficient (Wildman–Crippen LogP) is 0.736. The normalized spacial score (nSPS) is 12.3. The monoisotopic (exact) mass is 244 g/mol. The lowest BCUT2D eigenvalue weighted by atomic mass is 10.1. The number of hydrogen-bond acceptors (Lipinski definition) is 3. The van der Waals surface area contributed by atoms with Crippen LogP contribution in [0.5, 0.6) is 0 Å². The molecule has 0 radical (unpaired) electrons. The van der Waals surface area contributed by atoms with Gasteiger partial charge in [0, 0.05) is 25.4 Å². The van der Waals surface area contributed by atoms with Gasteiger partial charge >= 0.3 is 0 Å². The molecule has 0 saturated carbocycles. The van der Waals surface area contributed by atoms with E-state index < -0.39 is 11.9 Å². The van der Waals surface area contributed by atoms with Crippen molar-refractivity contribution in [2.75, 3.05) is 0 Å². The standard InChI is InChI=1S/C13H16N4O/c1-17-9-11(8-16-17)12(13(14)18)15-7-10-5-3-2-4-6-10/h2-6,8-9,12,15H,7H2,1H3,(H2,14,18). The Morgan fingerprint density at radius 1 is 1.44 bits per heavy atom. The van der Waals surface area contributed by atoms with Crippen LogP contribution in [0.2, 0.25) is 0 Å². The van der Waals surface area contributed by atoms with Crippen LogP contribution in [0.25, 0.3) is 0 Å². The molecule has 18 heavy (non-hydrogen) atoms. The first kappa shape index (κ1) is 12.3. The first-order chi connectivity index (χ1) is 8.66. The van der Waals surface area contributed by atoms with Crippen molar-refractivity contribution in [1.29, 1.82) is 0 Å². The summed E-state index contributed by atoms with van der Waals surface area (Å²) in [7, 11) is 1.80. The molecule has 1 heterocycles. The number of rotatable bonds is 5. The molecule has 2 rings (SSSR count). The van der Waals surface area contributed by atoms with Crippen LogP contribution < -0.4 is 11.1 Å². The lowest BCUT2D eigenvalue weighted by Crippen LogP contribution is -2.33. The number of nitrogens with zero attached hydrogens (tertiary/aromatic N) is 2. The highest BCUT2D eigenvalue weighted by Gasteiger charge is 2.18. The Hall–Kier alpha value is -2.14. The van der Waals surface area contributed by atoms with E-state index in [1.165, 1.54) is 0 Å². The molecule has 5 nitrogen and oxygen atoms in total. The Morgan fingerprint density at radius 3 is 2.72 bits per heavy atom. The van der Waals surface area contributed by atoms with Crippen LogP contribution in [0, 0.1) is 0 Å². The molecule has 1 aromatic carbocycles. The van der Waals surface area contributed by atoms with Gasteiger partial charge < -0.3 is 5.73 Å². The van der Waals surface area contributed by atoms with Crippen molar-refractivity contribution >= 4 is 5.91 Å². The number of benzene rings is 1. The van der Waals surface area contributed by atoms with E-state index in [1.807, 2.05) is 30.3 Å². The van der Waals surface area contributed by atoms with Crippen LogP contribution in [0.3, 0.4) is 0 Å². The molecular weight excluding hydrogens is 228 g/mol. The van der Waals surface area contributed by atoms with Crippen molar-refractivity contribution in [1.82, 2.24) is 15.1 Å². The van der Waals surface area contributed by atoms with E-state index in [-0.39, 0.29) is 0 Å². The molecule has 1 atom stereocenters. The molecule has 0 bridgehead atoms. The lowest BCUT2D eigenvalue weighted by molar-refractivity contribution is -0.120. The minimum Gasteiger partial charge on any atom is -0.368 e. The summed E-state index contributed by atoms with van der Waals surface area (Å²) in [5.74, 6) is -0.404. The molecule has 0 aliphatic rings. The zero-order chi connectivity index (χ0) is 13.0. The summed E-state index contributed by atoms with van der Waals surface area (Å²) in [5, 5.41) is 7.18. The lowest BCUT2D eigenvalue weighted by Gasteiger charge is -2.13. The maximum Gasteiger partial charge on any atom is 0.239 e. The van der Waals surface area contributed by atoms with E-state index in [4.69, 9.17) is 5.73 Å². The third kappa shape index (κ3) is 2.95. The second-order valence-electron chi connectivity index (χ2n) is 4.15. The first-order valence-electron chi connectivity index (χ1n) is 5.72. The molecule has 1 amide bonds. The third-order valence-corrected chi connectivity index (χ3v) is 2.70. The second-order valence-corrected chi connectivity index (χ2v) is 4.15. The maximum atomic E-state index is 11.5. The number of hydrogen-bond donors (Lipinski definition) is 2. The van der Waals surface area contributed by atoms with Crippen LogP contribution in [0.1, 0.15) is 17.2 Å². The molecular formula is C13H16N4O. The molecule has 1 aromatic heterocycles. The highest BCUT2D eigenvalue weighted by atomic mass is 16.1. The van der Waals surface area contributed by atoms with Gasteiger partial charge in [0.15, 0.2) is 0 Å². The van der Waals surface area contributed by atoms with E-state index in [0.29, 0.717) is 6.54 Å². The predicted molar refractivity (Wildman–Crippen MR) is 68.4 cm³/mol. The van der Waals surface area contributed by atoms with E-state index in [0.717, 1.165) is 11.1 Å². The fourth-order valence-corrected chi connectivity index (χ4v) is 1.79. The van der Waals surface area contributed by atoms with Crippen molar-refractivity contribution in [2.24, 2.45) is 12.8 Å². The van der Waals surface area contributed by atoms with Crippen molar-refractivity contribution in [3.05, 3.63) is 53.9 Å². The average molecular weight is 244 g/mol. The first-order valence-corrected chi connectivity index (χ1v) is 5.72. The summed E-state index contributed by atoms with van der Waals surface area (Å²) in [6.45, 7) is 0.587. The number of nitrogens with two attached hydrogens (primary N) is 1. The van der Waals surface area contributed by atoms with Gasteiger partial charge in [0.25, 0.3) is 0 Å². The summed E-state index contributed by atoms with van der Waals surface area (Å²) >= 11 is 0. The number of carbonyl (C=O) groups is 1. The average Bonchev–Trinajstić information content (AvgIpc) is 2.77. The summed E-state index contributed by atoms with van der Waals surface area (Å²) in [6.07, 6.45) is 3.43. The largest absolute Gasteiger partial charge is 0.368 e. The van der Waals surface area contributed by atoms with Gasteiger partial charge in [-0.25, -0.2) is 0 Å². The van der Waals surface area contributed by atoms with E-state index in [2.05, 4.69) is 10.4 Å². The molecule has 3 N–H and O–H groups in total. The van der Waals surface area contributed by atoms with Gasteiger partial charge in [-0.3, -0.25) is 14.8 Å².